The lowest BCUT2D eigenvalue weighted by molar-refractivity contribution is -0.132. The Kier molecular flexibility index (Phi) is 8.07. The number of anilines is 1. The van der Waals surface area contributed by atoms with E-state index >= 15 is 0 Å². The molecule has 3 aliphatic rings. The van der Waals surface area contributed by atoms with E-state index in [1.54, 1.807) is 24.1 Å². The number of ether oxygens (including phenoxy) is 2. The van der Waals surface area contributed by atoms with Crippen molar-refractivity contribution < 1.29 is 36.2 Å². The molecule has 2 atom stereocenters. The Morgan fingerprint density at radius 2 is 1.93 bits per heavy atom. The summed E-state index contributed by atoms with van der Waals surface area (Å²) in [7, 11) is -4.80. The predicted molar refractivity (Wildman–Crippen MR) is 154 cm³/mol. The summed E-state index contributed by atoms with van der Waals surface area (Å²) in [6.07, 6.45) is 5.01. The summed E-state index contributed by atoms with van der Waals surface area (Å²) in [5, 5.41) is 16.1. The van der Waals surface area contributed by atoms with Gasteiger partial charge in [-0.2, -0.15) is 8.42 Å². The minimum absolute atomic E-state index is 0.155. The molecule has 41 heavy (non-hydrogen) atoms. The number of nitrogens with zero attached hydrogens (tertiary/aromatic N) is 2. The largest absolute Gasteiger partial charge is 0.511 e. The molecule has 2 unspecified atom stereocenters. The van der Waals surface area contributed by atoms with Gasteiger partial charge in [-0.3, -0.25) is 4.79 Å². The summed E-state index contributed by atoms with van der Waals surface area (Å²) >= 11 is 1.05. The standard InChI is InChI=1S/C26H32N4O8S3/c1-37-17-10-9-15(20(11-17)38-2)13-30-19-8-6-4-5-7-18(19)22(31)21(26(30)32)24-28-25-23(41(35,36)29-24)16(14-39-25)12-27-40(3,33)34/h9-11,14,18-19,27,31H,4-8,12-13H2,1-3H3,(H,28,29). The van der Waals surface area contributed by atoms with Gasteiger partial charge in [0.25, 0.3) is 15.9 Å². The molecule has 0 bridgehead atoms. The number of aliphatic hydroxyl groups excluding tert-OH is 1. The van der Waals surface area contributed by atoms with Crippen molar-refractivity contribution in [2.75, 3.05) is 25.8 Å². The molecule has 5 rings (SSSR count). The third-order valence-electron chi connectivity index (χ3n) is 7.58. The monoisotopic (exact) mass is 624 g/mol. The zero-order valence-corrected chi connectivity index (χ0v) is 25.3. The maximum atomic E-state index is 14.1. The molecule has 2 aromatic rings. The number of rotatable bonds is 8. The Bertz CT molecular complexity index is 1650. The number of fused-ring (bicyclic) bond motifs is 2. The Labute approximate surface area is 243 Å². The summed E-state index contributed by atoms with van der Waals surface area (Å²) in [5.74, 6) is -0.203. The first-order valence-corrected chi connectivity index (χ1v) is 17.3. The summed E-state index contributed by atoms with van der Waals surface area (Å²) in [4.78, 5) is 15.6. The number of methoxy groups -OCH3 is 2. The fourth-order valence-electron chi connectivity index (χ4n) is 5.63. The normalized spacial score (nSPS) is 22.3. The van der Waals surface area contributed by atoms with Crippen LogP contribution in [-0.2, 0) is 37.9 Å². The molecule has 0 saturated heterocycles. The second-order valence-corrected chi connectivity index (χ2v) is 14.5. The zero-order chi connectivity index (χ0) is 29.5. The highest BCUT2D eigenvalue weighted by molar-refractivity contribution is 7.91. The average Bonchev–Trinajstić information content (AvgIpc) is 3.18. The molecule has 0 spiro atoms. The fourth-order valence-corrected chi connectivity index (χ4v) is 8.66. The number of benzene rings is 1. The Morgan fingerprint density at radius 1 is 1.17 bits per heavy atom. The van der Waals surface area contributed by atoms with Crippen LogP contribution in [-0.4, -0.2) is 65.1 Å². The van der Waals surface area contributed by atoms with Gasteiger partial charge in [0.1, 0.15) is 32.7 Å². The van der Waals surface area contributed by atoms with Gasteiger partial charge >= 0.3 is 0 Å². The number of hydrogen-bond donors (Lipinski definition) is 3. The summed E-state index contributed by atoms with van der Waals surface area (Å²) in [6.45, 7) is -0.0555. The van der Waals surface area contributed by atoms with Crippen molar-refractivity contribution in [1.29, 1.82) is 0 Å². The van der Waals surface area contributed by atoms with E-state index in [1.165, 1.54) is 12.5 Å². The van der Waals surface area contributed by atoms with Gasteiger partial charge < -0.3 is 24.8 Å². The number of carbonyl (C=O) groups excluding carboxylic acids is 1. The van der Waals surface area contributed by atoms with Crippen LogP contribution in [0.25, 0.3) is 0 Å². The quantitative estimate of drug-likeness (QED) is 0.400. The van der Waals surface area contributed by atoms with Crippen molar-refractivity contribution in [1.82, 2.24) is 9.62 Å². The summed E-state index contributed by atoms with van der Waals surface area (Å²) < 4.78 is 66.9. The first-order chi connectivity index (χ1) is 19.4. The smallest absolute Gasteiger partial charge is 0.287 e. The SMILES string of the molecule is COc1ccc(CN2C(=O)C(C3=NS(=O)(=O)c4c(CNS(C)(=O)=O)csc4N3)=C(O)C3CCCCCC32)c(OC)c1. The molecule has 15 heteroatoms. The topological polar surface area (TPSA) is 164 Å². The molecule has 1 aromatic carbocycles. The van der Waals surface area contributed by atoms with Gasteiger partial charge in [-0.05, 0) is 30.4 Å². The second-order valence-electron chi connectivity index (χ2n) is 10.2. The molecule has 1 amide bonds. The van der Waals surface area contributed by atoms with Crippen LogP contribution in [0.4, 0.5) is 5.00 Å². The van der Waals surface area contributed by atoms with Crippen molar-refractivity contribution in [3.63, 3.8) is 0 Å². The van der Waals surface area contributed by atoms with E-state index in [0.717, 1.165) is 42.4 Å². The molecule has 2 aliphatic heterocycles. The number of aliphatic hydroxyl groups is 1. The van der Waals surface area contributed by atoms with E-state index in [9.17, 15) is 26.7 Å². The van der Waals surface area contributed by atoms with E-state index < -0.39 is 26.0 Å². The molecule has 1 saturated carbocycles. The third kappa shape index (κ3) is 5.80. The molecule has 3 heterocycles. The lowest BCUT2D eigenvalue weighted by Gasteiger charge is -2.41. The Balaban J connectivity index is 1.54. The molecular weight excluding hydrogens is 593 g/mol. The van der Waals surface area contributed by atoms with Crippen molar-refractivity contribution >= 4 is 48.1 Å². The van der Waals surface area contributed by atoms with Gasteiger partial charge in [0, 0.05) is 42.2 Å². The van der Waals surface area contributed by atoms with Gasteiger partial charge in [-0.1, -0.05) is 19.3 Å². The van der Waals surface area contributed by atoms with E-state index in [-0.39, 0.29) is 57.7 Å². The minimum Gasteiger partial charge on any atom is -0.511 e. The summed E-state index contributed by atoms with van der Waals surface area (Å²) in [5.41, 5.74) is 0.787. The number of amidine groups is 1. The van der Waals surface area contributed by atoms with Crippen LogP contribution in [0.1, 0.15) is 43.2 Å². The molecule has 1 fully saturated rings. The van der Waals surface area contributed by atoms with E-state index in [2.05, 4.69) is 14.4 Å². The number of amides is 1. The third-order valence-corrected chi connectivity index (χ3v) is 10.7. The van der Waals surface area contributed by atoms with Crippen LogP contribution in [0.5, 0.6) is 11.5 Å². The number of nitrogens with one attached hydrogen (secondary N) is 2. The van der Waals surface area contributed by atoms with E-state index in [1.807, 2.05) is 6.07 Å². The fraction of sp³-hybridized carbons (Fsp3) is 0.462. The Hall–Kier alpha value is -3.14. The highest BCUT2D eigenvalue weighted by Crippen LogP contribution is 2.42. The van der Waals surface area contributed by atoms with E-state index in [4.69, 9.17) is 9.47 Å². The lowest BCUT2D eigenvalue weighted by Crippen LogP contribution is -2.51. The van der Waals surface area contributed by atoms with Crippen LogP contribution in [0.3, 0.4) is 0 Å². The minimum atomic E-state index is -4.32. The van der Waals surface area contributed by atoms with Crippen LogP contribution in [0.2, 0.25) is 0 Å². The maximum absolute atomic E-state index is 14.1. The van der Waals surface area contributed by atoms with Crippen LogP contribution >= 0.6 is 11.3 Å². The number of thiophene rings is 1. The predicted octanol–water partition coefficient (Wildman–Crippen LogP) is 3.13. The highest BCUT2D eigenvalue weighted by atomic mass is 32.2. The molecular formula is C26H32N4O8S3. The van der Waals surface area contributed by atoms with Gasteiger partial charge in [-0.15, -0.1) is 15.7 Å². The van der Waals surface area contributed by atoms with Crippen molar-refractivity contribution in [3.05, 3.63) is 46.0 Å². The van der Waals surface area contributed by atoms with Gasteiger partial charge in [0.15, 0.2) is 5.84 Å². The van der Waals surface area contributed by atoms with Crippen molar-refractivity contribution in [3.8, 4) is 11.5 Å². The highest BCUT2D eigenvalue weighted by Gasteiger charge is 2.45. The molecule has 0 radical (unpaired) electrons. The molecule has 3 N–H and O–H groups in total. The number of sulfonamides is 2. The van der Waals surface area contributed by atoms with Crippen LogP contribution in [0.15, 0.2) is 44.2 Å². The second kappa shape index (κ2) is 11.3. The Morgan fingerprint density at radius 3 is 2.63 bits per heavy atom. The maximum Gasteiger partial charge on any atom is 0.287 e. The summed E-state index contributed by atoms with van der Waals surface area (Å²) in [6, 6.07) is 5.04. The van der Waals surface area contributed by atoms with Crippen molar-refractivity contribution in [2.45, 2.75) is 56.1 Å². The lowest BCUT2D eigenvalue weighted by atomic mass is 9.84. The molecule has 1 aliphatic carbocycles. The van der Waals surface area contributed by atoms with Crippen LogP contribution in [0, 0.1) is 5.92 Å². The zero-order valence-electron chi connectivity index (χ0n) is 22.8. The first kappa shape index (κ1) is 29.4. The van der Waals surface area contributed by atoms with Crippen molar-refractivity contribution in [2.24, 2.45) is 10.3 Å². The molecule has 12 nitrogen and oxygen atoms in total. The molecule has 1 aromatic heterocycles. The number of hydrogen-bond acceptors (Lipinski definition) is 10. The van der Waals surface area contributed by atoms with Gasteiger partial charge in [0.2, 0.25) is 10.0 Å². The van der Waals surface area contributed by atoms with Gasteiger partial charge in [0.05, 0.1) is 20.5 Å². The van der Waals surface area contributed by atoms with Gasteiger partial charge in [-0.25, -0.2) is 13.1 Å². The number of carbonyl (C=O) groups is 1. The first-order valence-electron chi connectivity index (χ1n) is 13.1. The van der Waals surface area contributed by atoms with E-state index in [0.29, 0.717) is 24.3 Å². The molecule has 222 valence electrons. The van der Waals surface area contributed by atoms with Crippen LogP contribution < -0.4 is 19.5 Å². The average molecular weight is 625 g/mol.